The Morgan fingerprint density at radius 3 is 0.880 bits per heavy atom. The topological polar surface area (TPSA) is 680 Å². The van der Waals surface area contributed by atoms with Gasteiger partial charge in [-0.15, -0.1) is 0 Å². The number of hydrazine groups is 12. The summed E-state index contributed by atoms with van der Waals surface area (Å²) in [5.74, 6) is 96.2. The highest BCUT2D eigenvalue weighted by atomic mass is 16.1. The van der Waals surface area contributed by atoms with Gasteiger partial charge in [0.25, 0.3) is 0 Å². The van der Waals surface area contributed by atoms with E-state index in [2.05, 4.69) is 184 Å². The van der Waals surface area contributed by atoms with Crippen LogP contribution < -0.4 is 151 Å². The Labute approximate surface area is 306 Å². The first-order valence-electron chi connectivity index (χ1n) is 14.6. The maximum atomic E-state index is 10.8. The zero-order valence-corrected chi connectivity index (χ0v) is 31.9. The molecular formula is C23H100N26O. The summed E-state index contributed by atoms with van der Waals surface area (Å²) < 4.78 is 0. The fourth-order valence-corrected chi connectivity index (χ4v) is 2.40. The van der Waals surface area contributed by atoms with Crippen molar-refractivity contribution in [1.82, 2.24) is 5.32 Å². The zero-order chi connectivity index (χ0) is 43.6. The Morgan fingerprint density at radius 2 is 0.660 bits per heavy atom. The van der Waals surface area contributed by atoms with E-state index in [9.17, 15) is 4.79 Å². The molecule has 51 N–H and O–H groups in total. The van der Waals surface area contributed by atoms with Crippen LogP contribution in [0.3, 0.4) is 0 Å². The molecular weight excluding hydrogens is 656 g/mol. The Balaban J connectivity index is -0.0000000198. The zero-order valence-electron chi connectivity index (χ0n) is 31.9. The molecule has 0 aromatic rings. The predicted molar refractivity (Wildman–Crippen MR) is 222 cm³/mol. The lowest BCUT2D eigenvalue weighted by molar-refractivity contribution is -0.120. The van der Waals surface area contributed by atoms with Crippen molar-refractivity contribution in [2.75, 3.05) is 14.1 Å². The van der Waals surface area contributed by atoms with Gasteiger partial charge in [-0.3, -0.25) is 145 Å². The number of amides is 1. The van der Waals surface area contributed by atoms with Gasteiger partial charge in [0.15, 0.2) is 0 Å². The van der Waals surface area contributed by atoms with Crippen molar-refractivity contribution in [2.45, 2.75) is 118 Å². The molecule has 0 saturated carbocycles. The van der Waals surface area contributed by atoms with Crippen LogP contribution >= 0.6 is 0 Å². The van der Waals surface area contributed by atoms with E-state index in [1.165, 1.54) is 84.1 Å². The Morgan fingerprint density at radius 1 is 0.440 bits per heavy atom. The number of rotatable bonds is 14. The van der Waals surface area contributed by atoms with Crippen molar-refractivity contribution in [3.63, 3.8) is 0 Å². The van der Waals surface area contributed by atoms with E-state index in [0.29, 0.717) is 6.42 Å². The van der Waals surface area contributed by atoms with Crippen molar-refractivity contribution in [2.24, 2.45) is 146 Å². The van der Waals surface area contributed by atoms with Crippen LogP contribution in [0.15, 0.2) is 12.2 Å². The quantitative estimate of drug-likeness (QED) is 0.0339. The Kier molecular flexibility index (Phi) is 630. The smallest absolute Gasteiger partial charge is 0.219 e. The van der Waals surface area contributed by atoms with Crippen molar-refractivity contribution < 1.29 is 4.79 Å². The van der Waals surface area contributed by atoms with Gasteiger partial charge >= 0.3 is 0 Å². The first-order valence-corrected chi connectivity index (χ1v) is 14.6. The molecule has 0 aromatic heterocycles. The van der Waals surface area contributed by atoms with E-state index in [0.717, 1.165) is 6.42 Å². The molecule has 0 radical (unpaired) electrons. The highest BCUT2D eigenvalue weighted by Gasteiger charge is 1.96. The van der Waals surface area contributed by atoms with Crippen LogP contribution in [0.2, 0.25) is 0 Å². The van der Waals surface area contributed by atoms with Crippen molar-refractivity contribution in [3.8, 4) is 0 Å². The molecule has 0 saturated heterocycles. The fourth-order valence-electron chi connectivity index (χ4n) is 2.40. The predicted octanol–water partition coefficient (Wildman–Crippen LogP) is -7.17. The normalized spacial score (nSPS) is 6.36. The van der Waals surface area contributed by atoms with Crippen molar-refractivity contribution >= 4 is 5.91 Å². The molecule has 328 valence electrons. The number of carbonyl (C=O) groups excluding carboxylic acids is 1. The number of unbranched alkanes of at least 4 members (excludes halogenated alkanes) is 11. The minimum atomic E-state index is 0. The lowest BCUT2D eigenvalue weighted by Crippen LogP contribution is -2.16. The summed E-state index contributed by atoms with van der Waals surface area (Å²) in [5.41, 5.74) is 4.50. The molecule has 0 unspecified atom stereocenters. The molecule has 0 aliphatic heterocycles. The van der Waals surface area contributed by atoms with Crippen LogP contribution in [0.5, 0.6) is 0 Å². The maximum Gasteiger partial charge on any atom is 0.219 e. The number of hydrogen-bond donors (Lipinski definition) is 26. The third-order valence-electron chi connectivity index (χ3n) is 4.00. The van der Waals surface area contributed by atoms with Gasteiger partial charge in [0.1, 0.15) is 0 Å². The van der Waals surface area contributed by atoms with Crippen LogP contribution in [0.1, 0.15) is 118 Å². The summed E-state index contributed by atoms with van der Waals surface area (Å²) in [7, 11) is 3.19. The second kappa shape index (κ2) is 304. The van der Waals surface area contributed by atoms with E-state index in [1.54, 1.807) is 7.05 Å². The molecule has 50 heavy (non-hydrogen) atoms. The summed E-state index contributed by atoms with van der Waals surface area (Å²) in [6.45, 7) is 6.57. The van der Waals surface area contributed by atoms with Crippen LogP contribution in [0.4, 0.5) is 0 Å². The molecule has 0 aliphatic rings. The first kappa shape index (κ1) is 104. The third kappa shape index (κ3) is 359. The van der Waals surface area contributed by atoms with E-state index < -0.39 is 0 Å². The number of hydrogen-bond acceptors (Lipinski definition) is 26. The summed E-state index contributed by atoms with van der Waals surface area (Å²) in [6.07, 6.45) is 22.3. The highest BCUT2D eigenvalue weighted by Crippen LogP contribution is 2.07. The molecule has 0 aliphatic carbocycles. The Bertz CT molecular complexity index is 292. The van der Waals surface area contributed by atoms with Crippen LogP contribution in [-0.2, 0) is 4.79 Å². The standard InChI is InChI=1S/C11H22.C10H21NO.CH5N.CH4.12H4N2/c1-3-5-7-9-11-10-8-6-4-2;1-3-4-5-6-7-8-9-10(12)11-2;1-2;;12*1-2/h3,5H,4,6-11H2,1-2H3;3-9H2,1-2H3,(H,11,12);2H2,1H3;1H4;12*1-2H2/b5-3+;;;;;;;;;;;;;;;. The number of allylic oxidation sites excluding steroid dienone is 2. The maximum absolute atomic E-state index is 10.8. The SMILES string of the molecule is C.C/C=C/CCCCCCCC.CCCCCCCCC(=O)NC.CN.NN.NN.NN.NN.NN.NN.NN.NN.NN.NN.NN.NN. The second-order valence-electron chi connectivity index (χ2n) is 6.32. The number of nitrogens with one attached hydrogen (secondary N) is 1. The summed E-state index contributed by atoms with van der Waals surface area (Å²) in [6, 6.07) is 0. The summed E-state index contributed by atoms with van der Waals surface area (Å²) in [5, 5.41) is 2.63. The van der Waals surface area contributed by atoms with Gasteiger partial charge in [-0.05, 0) is 33.2 Å². The number of nitrogens with two attached hydrogens (primary N) is 25. The van der Waals surface area contributed by atoms with Gasteiger partial charge in [0.05, 0.1) is 0 Å². The minimum Gasteiger partial charge on any atom is -0.359 e. The van der Waals surface area contributed by atoms with Crippen LogP contribution in [0, 0.1) is 0 Å². The molecule has 1 amide bonds. The van der Waals surface area contributed by atoms with Crippen molar-refractivity contribution in [3.05, 3.63) is 12.2 Å². The van der Waals surface area contributed by atoms with E-state index in [1.807, 2.05) is 0 Å². The molecule has 0 spiro atoms. The monoisotopic (exact) mass is 757 g/mol. The lowest BCUT2D eigenvalue weighted by Gasteiger charge is -1.99. The van der Waals surface area contributed by atoms with Gasteiger partial charge in [-0.25, -0.2) is 0 Å². The third-order valence-corrected chi connectivity index (χ3v) is 4.00. The first-order chi connectivity index (χ1) is 24.2. The van der Waals surface area contributed by atoms with E-state index in [-0.39, 0.29) is 13.3 Å². The van der Waals surface area contributed by atoms with E-state index in [4.69, 9.17) is 0 Å². The molecule has 0 atom stereocenters. The van der Waals surface area contributed by atoms with Crippen molar-refractivity contribution in [1.29, 1.82) is 0 Å². The minimum absolute atomic E-state index is 0. The average Bonchev–Trinajstić information content (AvgIpc) is 3.25. The van der Waals surface area contributed by atoms with Crippen LogP contribution in [0.25, 0.3) is 0 Å². The highest BCUT2D eigenvalue weighted by molar-refractivity contribution is 5.75. The van der Waals surface area contributed by atoms with Gasteiger partial charge in [-0.1, -0.05) is 97.6 Å². The largest absolute Gasteiger partial charge is 0.359 e. The summed E-state index contributed by atoms with van der Waals surface area (Å²) >= 11 is 0. The van der Waals surface area contributed by atoms with Gasteiger partial charge < -0.3 is 11.1 Å². The summed E-state index contributed by atoms with van der Waals surface area (Å²) in [4.78, 5) is 10.8. The second-order valence-corrected chi connectivity index (χ2v) is 6.32. The van der Waals surface area contributed by atoms with Gasteiger partial charge in [0, 0.05) is 13.5 Å². The molecule has 0 fully saturated rings. The lowest BCUT2D eigenvalue weighted by atomic mass is 10.1. The van der Waals surface area contributed by atoms with Gasteiger partial charge in [0.2, 0.25) is 5.91 Å². The van der Waals surface area contributed by atoms with E-state index >= 15 is 0 Å². The molecule has 0 bridgehead atoms. The molecule has 27 nitrogen and oxygen atoms in total. The molecule has 0 aromatic carbocycles. The molecule has 27 heteroatoms. The van der Waals surface area contributed by atoms with Crippen LogP contribution in [-0.4, -0.2) is 20.0 Å². The molecule has 0 heterocycles. The number of carbonyl (C=O) groups is 1. The fraction of sp³-hybridized carbons (Fsp3) is 0.870. The average molecular weight is 757 g/mol. The Hall–Kier alpha value is -1.79. The molecule has 0 rings (SSSR count). The van der Waals surface area contributed by atoms with Gasteiger partial charge in [-0.2, -0.15) is 0 Å².